The van der Waals surface area contributed by atoms with Crippen molar-refractivity contribution in [1.82, 2.24) is 4.90 Å². The number of halogens is 1. The average Bonchev–Trinajstić information content (AvgIpc) is 2.65. The molecule has 4 nitrogen and oxygen atoms in total. The summed E-state index contributed by atoms with van der Waals surface area (Å²) in [6.45, 7) is 7.17. The van der Waals surface area contributed by atoms with Crippen molar-refractivity contribution in [2.45, 2.75) is 20.3 Å². The topological polar surface area (TPSA) is 35.6 Å². The maximum Gasteiger partial charge on any atom is 0.321 e. The van der Waals surface area contributed by atoms with E-state index in [1.54, 1.807) is 0 Å². The van der Waals surface area contributed by atoms with Gasteiger partial charge in [-0.2, -0.15) is 0 Å². The maximum absolute atomic E-state index is 12.5. The van der Waals surface area contributed by atoms with Crippen molar-refractivity contribution >= 4 is 29.0 Å². The highest BCUT2D eigenvalue weighted by molar-refractivity contribution is 6.31. The second-order valence-corrected chi connectivity index (χ2v) is 6.75. The zero-order chi connectivity index (χ0) is 17.8. The van der Waals surface area contributed by atoms with Crippen molar-refractivity contribution in [3.05, 3.63) is 58.6 Å². The first kappa shape index (κ1) is 17.6. The molecule has 132 valence electrons. The van der Waals surface area contributed by atoms with E-state index < -0.39 is 0 Å². The molecule has 1 saturated heterocycles. The fraction of sp³-hybridized carbons (Fsp3) is 0.350. The Balaban J connectivity index is 1.57. The Bertz CT molecular complexity index is 737. The van der Waals surface area contributed by atoms with E-state index in [-0.39, 0.29) is 6.03 Å². The van der Waals surface area contributed by atoms with Gasteiger partial charge < -0.3 is 15.1 Å². The SMILES string of the molecule is CCc1ccc(NC(=O)N2CCN(c3cccc(Cl)c3C)CC2)cc1. The second-order valence-electron chi connectivity index (χ2n) is 6.34. The molecule has 0 saturated carbocycles. The summed E-state index contributed by atoms with van der Waals surface area (Å²) in [5.74, 6) is 0. The summed E-state index contributed by atoms with van der Waals surface area (Å²) in [6, 6.07) is 14.0. The summed E-state index contributed by atoms with van der Waals surface area (Å²) >= 11 is 6.22. The Hall–Kier alpha value is -2.20. The van der Waals surface area contributed by atoms with Crippen LogP contribution in [0.1, 0.15) is 18.1 Å². The molecule has 2 aromatic rings. The molecule has 0 aromatic heterocycles. The molecular weight excluding hydrogens is 334 g/mol. The van der Waals surface area contributed by atoms with Gasteiger partial charge in [-0.3, -0.25) is 0 Å². The molecule has 1 heterocycles. The number of nitrogens with zero attached hydrogens (tertiary/aromatic N) is 2. The van der Waals surface area contributed by atoms with Crippen LogP contribution in [0.5, 0.6) is 0 Å². The zero-order valence-electron chi connectivity index (χ0n) is 14.8. The van der Waals surface area contributed by atoms with Crippen LogP contribution in [0, 0.1) is 6.92 Å². The number of benzene rings is 2. The van der Waals surface area contributed by atoms with Crippen molar-refractivity contribution in [3.8, 4) is 0 Å². The number of amides is 2. The molecule has 0 unspecified atom stereocenters. The molecule has 2 amide bonds. The number of nitrogens with one attached hydrogen (secondary N) is 1. The maximum atomic E-state index is 12.5. The van der Waals surface area contributed by atoms with E-state index in [1.807, 2.05) is 36.1 Å². The molecule has 2 aromatic carbocycles. The molecule has 5 heteroatoms. The lowest BCUT2D eigenvalue weighted by Gasteiger charge is -2.36. The van der Waals surface area contributed by atoms with Gasteiger partial charge in [-0.1, -0.05) is 36.7 Å². The molecule has 25 heavy (non-hydrogen) atoms. The summed E-state index contributed by atoms with van der Waals surface area (Å²) in [6.07, 6.45) is 0.999. The molecule has 0 spiro atoms. The number of piperazine rings is 1. The van der Waals surface area contributed by atoms with Gasteiger partial charge in [0.05, 0.1) is 0 Å². The van der Waals surface area contributed by atoms with Crippen molar-refractivity contribution in [3.63, 3.8) is 0 Å². The second kappa shape index (κ2) is 7.79. The van der Waals surface area contributed by atoms with Gasteiger partial charge in [0.2, 0.25) is 0 Å². The summed E-state index contributed by atoms with van der Waals surface area (Å²) in [7, 11) is 0. The Morgan fingerprint density at radius 3 is 2.40 bits per heavy atom. The molecule has 3 rings (SSSR count). The highest BCUT2D eigenvalue weighted by atomic mass is 35.5. The smallest absolute Gasteiger partial charge is 0.321 e. The van der Waals surface area contributed by atoms with E-state index in [2.05, 4.69) is 35.3 Å². The molecule has 1 N–H and O–H groups in total. The first-order valence-electron chi connectivity index (χ1n) is 8.73. The van der Waals surface area contributed by atoms with Gasteiger partial charge in [0, 0.05) is 42.6 Å². The van der Waals surface area contributed by atoms with E-state index in [0.717, 1.165) is 41.5 Å². The molecule has 0 radical (unpaired) electrons. The molecule has 1 aliphatic rings. The van der Waals surface area contributed by atoms with Crippen molar-refractivity contribution in [2.75, 3.05) is 36.4 Å². The predicted molar refractivity (Wildman–Crippen MR) is 105 cm³/mol. The van der Waals surface area contributed by atoms with Crippen LogP contribution in [-0.2, 0) is 6.42 Å². The Labute approximate surface area is 154 Å². The van der Waals surface area contributed by atoms with Gasteiger partial charge in [0.15, 0.2) is 0 Å². The van der Waals surface area contributed by atoms with Crippen molar-refractivity contribution in [1.29, 1.82) is 0 Å². The molecule has 1 fully saturated rings. The Kier molecular flexibility index (Phi) is 5.49. The van der Waals surface area contributed by atoms with Gasteiger partial charge in [-0.05, 0) is 48.7 Å². The normalized spacial score (nSPS) is 14.5. The van der Waals surface area contributed by atoms with Crippen LogP contribution in [0.15, 0.2) is 42.5 Å². The standard InChI is InChI=1S/C20H24ClN3O/c1-3-16-7-9-17(10-8-16)22-20(25)24-13-11-23(12-14-24)19-6-4-5-18(21)15(19)2/h4-10H,3,11-14H2,1-2H3,(H,22,25). The molecule has 0 bridgehead atoms. The minimum Gasteiger partial charge on any atom is -0.368 e. The highest BCUT2D eigenvalue weighted by Gasteiger charge is 2.22. The number of urea groups is 1. The summed E-state index contributed by atoms with van der Waals surface area (Å²) < 4.78 is 0. The molecule has 1 aliphatic heterocycles. The minimum absolute atomic E-state index is 0.0354. The predicted octanol–water partition coefficient (Wildman–Crippen LogP) is 4.56. The van der Waals surface area contributed by atoms with Crippen LogP contribution >= 0.6 is 11.6 Å². The van der Waals surface area contributed by atoms with Gasteiger partial charge >= 0.3 is 6.03 Å². The molecule has 0 atom stereocenters. The van der Waals surface area contributed by atoms with E-state index in [9.17, 15) is 4.79 Å². The van der Waals surface area contributed by atoms with Crippen LogP contribution in [0.2, 0.25) is 5.02 Å². The summed E-state index contributed by atoms with van der Waals surface area (Å²) in [5.41, 5.74) is 4.36. The van der Waals surface area contributed by atoms with Crippen LogP contribution in [0.25, 0.3) is 0 Å². The first-order chi connectivity index (χ1) is 12.1. The molecule has 0 aliphatic carbocycles. The average molecular weight is 358 g/mol. The number of anilines is 2. The van der Waals surface area contributed by atoms with E-state index in [0.29, 0.717) is 13.1 Å². The fourth-order valence-electron chi connectivity index (χ4n) is 3.12. The van der Waals surface area contributed by atoms with E-state index in [1.165, 1.54) is 5.56 Å². The number of hydrogen-bond donors (Lipinski definition) is 1. The number of rotatable bonds is 3. The lowest BCUT2D eigenvalue weighted by molar-refractivity contribution is 0.208. The van der Waals surface area contributed by atoms with E-state index in [4.69, 9.17) is 11.6 Å². The van der Waals surface area contributed by atoms with Gasteiger partial charge in [-0.15, -0.1) is 0 Å². The third-order valence-corrected chi connectivity index (χ3v) is 5.17. The Morgan fingerprint density at radius 1 is 1.08 bits per heavy atom. The molecular formula is C20H24ClN3O. The van der Waals surface area contributed by atoms with Crippen LogP contribution in [0.3, 0.4) is 0 Å². The fourth-order valence-corrected chi connectivity index (χ4v) is 3.28. The van der Waals surface area contributed by atoms with Gasteiger partial charge in [-0.25, -0.2) is 4.79 Å². The summed E-state index contributed by atoms with van der Waals surface area (Å²) in [4.78, 5) is 16.6. The van der Waals surface area contributed by atoms with Crippen LogP contribution in [0.4, 0.5) is 16.2 Å². The van der Waals surface area contributed by atoms with Crippen LogP contribution < -0.4 is 10.2 Å². The van der Waals surface area contributed by atoms with E-state index >= 15 is 0 Å². The zero-order valence-corrected chi connectivity index (χ0v) is 15.5. The third kappa shape index (κ3) is 4.07. The first-order valence-corrected chi connectivity index (χ1v) is 9.11. The quantitative estimate of drug-likeness (QED) is 0.873. The van der Waals surface area contributed by atoms with Crippen LogP contribution in [-0.4, -0.2) is 37.1 Å². The third-order valence-electron chi connectivity index (χ3n) is 4.76. The minimum atomic E-state index is -0.0354. The highest BCUT2D eigenvalue weighted by Crippen LogP contribution is 2.27. The van der Waals surface area contributed by atoms with Gasteiger partial charge in [0.25, 0.3) is 0 Å². The number of hydrogen-bond acceptors (Lipinski definition) is 2. The number of aryl methyl sites for hydroxylation is 1. The lowest BCUT2D eigenvalue weighted by Crippen LogP contribution is -2.50. The van der Waals surface area contributed by atoms with Crippen molar-refractivity contribution < 1.29 is 4.79 Å². The number of carbonyl (C=O) groups excluding carboxylic acids is 1. The van der Waals surface area contributed by atoms with Crippen molar-refractivity contribution in [2.24, 2.45) is 0 Å². The summed E-state index contributed by atoms with van der Waals surface area (Å²) in [5, 5.41) is 3.77. The Morgan fingerprint density at radius 2 is 1.76 bits per heavy atom. The van der Waals surface area contributed by atoms with Gasteiger partial charge in [0.1, 0.15) is 0 Å². The monoisotopic (exact) mass is 357 g/mol. The largest absolute Gasteiger partial charge is 0.368 e. The lowest BCUT2D eigenvalue weighted by atomic mass is 10.1. The number of carbonyl (C=O) groups is 1.